The van der Waals surface area contributed by atoms with Gasteiger partial charge in [-0.25, -0.2) is 4.98 Å². The van der Waals surface area contributed by atoms with E-state index in [4.69, 9.17) is 0 Å². The summed E-state index contributed by atoms with van der Waals surface area (Å²) in [6.07, 6.45) is 6.06. The monoisotopic (exact) mass is 229 g/mol. The molecule has 1 N–H and O–H groups in total. The molecular formula is C14H19N3. The van der Waals surface area contributed by atoms with Crippen LogP contribution in [0.1, 0.15) is 24.6 Å². The Morgan fingerprint density at radius 3 is 2.88 bits per heavy atom. The number of rotatable bonds is 5. The Kier molecular flexibility index (Phi) is 3.94. The average Bonchev–Trinajstić information content (AvgIpc) is 2.79. The number of hydrogen-bond acceptors (Lipinski definition) is 2. The molecule has 0 aliphatic rings. The molecule has 0 aliphatic heterocycles. The van der Waals surface area contributed by atoms with Crippen LogP contribution in [0.2, 0.25) is 0 Å². The zero-order valence-corrected chi connectivity index (χ0v) is 10.5. The first kappa shape index (κ1) is 11.9. The maximum atomic E-state index is 4.26. The number of para-hydroxylation sites is 1. The first-order valence-corrected chi connectivity index (χ1v) is 6.11. The smallest absolute Gasteiger partial charge is 0.0994 e. The molecule has 0 radical (unpaired) electrons. The van der Waals surface area contributed by atoms with Crippen LogP contribution in [-0.2, 0) is 13.0 Å². The molecule has 0 atom stereocenters. The predicted octanol–water partition coefficient (Wildman–Crippen LogP) is 2.54. The molecule has 1 heterocycles. The Hall–Kier alpha value is -1.61. The fraction of sp³-hybridized carbons (Fsp3) is 0.357. The van der Waals surface area contributed by atoms with E-state index in [0.717, 1.165) is 19.4 Å². The number of aromatic nitrogens is 2. The highest BCUT2D eigenvalue weighted by molar-refractivity contribution is 5.42. The first-order chi connectivity index (χ1) is 8.36. The summed E-state index contributed by atoms with van der Waals surface area (Å²) in [4.78, 5) is 4.26. The van der Waals surface area contributed by atoms with Crippen molar-refractivity contribution in [2.45, 2.75) is 26.3 Å². The van der Waals surface area contributed by atoms with Gasteiger partial charge in [-0.15, -0.1) is 0 Å². The lowest BCUT2D eigenvalue weighted by Gasteiger charge is -2.12. The van der Waals surface area contributed by atoms with Crippen LogP contribution in [0.4, 0.5) is 0 Å². The van der Waals surface area contributed by atoms with Crippen molar-refractivity contribution in [2.75, 3.05) is 7.05 Å². The number of benzene rings is 1. The molecule has 90 valence electrons. The van der Waals surface area contributed by atoms with Gasteiger partial charge in [0.15, 0.2) is 0 Å². The van der Waals surface area contributed by atoms with E-state index in [2.05, 4.69) is 46.1 Å². The molecule has 0 bridgehead atoms. The summed E-state index contributed by atoms with van der Waals surface area (Å²) in [7, 11) is 1.97. The molecule has 3 heteroatoms. The summed E-state index contributed by atoms with van der Waals surface area (Å²) in [5, 5.41) is 3.20. The second-order valence-electron chi connectivity index (χ2n) is 4.16. The van der Waals surface area contributed by atoms with Crippen LogP contribution in [0.3, 0.4) is 0 Å². The molecule has 17 heavy (non-hydrogen) atoms. The Morgan fingerprint density at radius 2 is 2.12 bits per heavy atom. The lowest BCUT2D eigenvalue weighted by molar-refractivity contribution is 0.792. The van der Waals surface area contributed by atoms with Gasteiger partial charge in [0, 0.05) is 18.4 Å². The summed E-state index contributed by atoms with van der Waals surface area (Å²) in [5.74, 6) is 0. The summed E-state index contributed by atoms with van der Waals surface area (Å²) >= 11 is 0. The molecule has 0 saturated heterocycles. The average molecular weight is 229 g/mol. The summed E-state index contributed by atoms with van der Waals surface area (Å²) in [6, 6.07) is 8.45. The number of hydrogen-bond donors (Lipinski definition) is 1. The van der Waals surface area contributed by atoms with E-state index in [9.17, 15) is 0 Å². The lowest BCUT2D eigenvalue weighted by Crippen LogP contribution is -2.09. The van der Waals surface area contributed by atoms with E-state index >= 15 is 0 Å². The SMILES string of the molecule is CCCc1cncn1-c1ccccc1CNC. The molecule has 0 unspecified atom stereocenters. The minimum absolute atomic E-state index is 0.875. The van der Waals surface area contributed by atoms with Crippen LogP contribution in [0.25, 0.3) is 5.69 Å². The van der Waals surface area contributed by atoms with Crippen LogP contribution >= 0.6 is 0 Å². The largest absolute Gasteiger partial charge is 0.316 e. The lowest BCUT2D eigenvalue weighted by atomic mass is 10.1. The van der Waals surface area contributed by atoms with Gasteiger partial charge in [-0.3, -0.25) is 0 Å². The third kappa shape index (κ3) is 2.56. The van der Waals surface area contributed by atoms with Crippen LogP contribution in [-0.4, -0.2) is 16.6 Å². The molecular weight excluding hydrogens is 210 g/mol. The van der Waals surface area contributed by atoms with Crippen LogP contribution in [0, 0.1) is 0 Å². The van der Waals surface area contributed by atoms with E-state index in [1.54, 1.807) is 0 Å². The van der Waals surface area contributed by atoms with Crippen LogP contribution < -0.4 is 5.32 Å². The highest BCUT2D eigenvalue weighted by Gasteiger charge is 2.07. The number of imidazole rings is 1. The molecule has 0 spiro atoms. The Morgan fingerprint density at radius 1 is 1.29 bits per heavy atom. The maximum absolute atomic E-state index is 4.26. The van der Waals surface area contributed by atoms with E-state index < -0.39 is 0 Å². The number of nitrogens with zero attached hydrogens (tertiary/aromatic N) is 2. The molecule has 2 rings (SSSR count). The molecule has 1 aromatic heterocycles. The van der Waals surface area contributed by atoms with Crippen molar-refractivity contribution in [1.29, 1.82) is 0 Å². The van der Waals surface area contributed by atoms with Crippen molar-refractivity contribution in [3.8, 4) is 5.69 Å². The van der Waals surface area contributed by atoms with Gasteiger partial charge in [-0.1, -0.05) is 31.5 Å². The van der Waals surface area contributed by atoms with Gasteiger partial charge < -0.3 is 9.88 Å². The molecule has 0 amide bonds. The van der Waals surface area contributed by atoms with Crippen molar-refractivity contribution < 1.29 is 0 Å². The molecule has 0 saturated carbocycles. The van der Waals surface area contributed by atoms with Crippen molar-refractivity contribution in [3.05, 3.63) is 48.0 Å². The van der Waals surface area contributed by atoms with Gasteiger partial charge in [-0.2, -0.15) is 0 Å². The quantitative estimate of drug-likeness (QED) is 0.854. The van der Waals surface area contributed by atoms with E-state index in [1.807, 2.05) is 19.6 Å². The zero-order chi connectivity index (χ0) is 12.1. The van der Waals surface area contributed by atoms with Gasteiger partial charge in [-0.05, 0) is 25.1 Å². The van der Waals surface area contributed by atoms with Crippen LogP contribution in [0.5, 0.6) is 0 Å². The minimum atomic E-state index is 0.875. The first-order valence-electron chi connectivity index (χ1n) is 6.11. The summed E-state index contributed by atoms with van der Waals surface area (Å²) in [5.41, 5.74) is 3.80. The normalized spacial score (nSPS) is 10.7. The van der Waals surface area contributed by atoms with E-state index in [1.165, 1.54) is 16.9 Å². The molecule has 1 aromatic carbocycles. The number of nitrogens with one attached hydrogen (secondary N) is 1. The molecule has 3 nitrogen and oxygen atoms in total. The third-order valence-electron chi connectivity index (χ3n) is 2.84. The molecule has 0 aliphatic carbocycles. The Bertz CT molecular complexity index is 474. The van der Waals surface area contributed by atoms with Crippen molar-refractivity contribution in [3.63, 3.8) is 0 Å². The van der Waals surface area contributed by atoms with Gasteiger partial charge >= 0.3 is 0 Å². The summed E-state index contributed by atoms with van der Waals surface area (Å²) < 4.78 is 2.19. The maximum Gasteiger partial charge on any atom is 0.0994 e. The standard InChI is InChI=1S/C14H19N3/c1-3-6-13-10-16-11-17(13)14-8-5-4-7-12(14)9-15-2/h4-5,7-8,10-11,15H,3,6,9H2,1-2H3. The third-order valence-corrected chi connectivity index (χ3v) is 2.84. The Labute approximate surface area is 103 Å². The fourth-order valence-corrected chi connectivity index (χ4v) is 2.07. The summed E-state index contributed by atoms with van der Waals surface area (Å²) in [6.45, 7) is 3.07. The van der Waals surface area contributed by atoms with E-state index in [0.29, 0.717) is 0 Å². The highest BCUT2D eigenvalue weighted by atomic mass is 15.1. The van der Waals surface area contributed by atoms with E-state index in [-0.39, 0.29) is 0 Å². The van der Waals surface area contributed by atoms with Gasteiger partial charge in [0.25, 0.3) is 0 Å². The fourth-order valence-electron chi connectivity index (χ4n) is 2.07. The Balaban J connectivity index is 2.41. The van der Waals surface area contributed by atoms with Gasteiger partial charge in [0.2, 0.25) is 0 Å². The predicted molar refractivity (Wildman–Crippen MR) is 70.3 cm³/mol. The second kappa shape index (κ2) is 5.64. The van der Waals surface area contributed by atoms with Crippen LogP contribution in [0.15, 0.2) is 36.8 Å². The van der Waals surface area contributed by atoms with Gasteiger partial charge in [0.05, 0.1) is 12.0 Å². The van der Waals surface area contributed by atoms with Gasteiger partial charge in [0.1, 0.15) is 0 Å². The second-order valence-corrected chi connectivity index (χ2v) is 4.16. The minimum Gasteiger partial charge on any atom is -0.316 e. The topological polar surface area (TPSA) is 29.9 Å². The highest BCUT2D eigenvalue weighted by Crippen LogP contribution is 2.17. The van der Waals surface area contributed by atoms with Crippen molar-refractivity contribution in [1.82, 2.24) is 14.9 Å². The van der Waals surface area contributed by atoms with Crippen molar-refractivity contribution >= 4 is 0 Å². The molecule has 2 aromatic rings. The molecule has 0 fully saturated rings. The van der Waals surface area contributed by atoms with Crippen molar-refractivity contribution in [2.24, 2.45) is 0 Å². The zero-order valence-electron chi connectivity index (χ0n) is 10.5. The number of aryl methyl sites for hydroxylation is 1.